The molecule has 9 heteroatoms. The summed E-state index contributed by atoms with van der Waals surface area (Å²) in [4.78, 5) is 34.8. The molecule has 2 aromatic carbocycles. The summed E-state index contributed by atoms with van der Waals surface area (Å²) in [5, 5.41) is 17.4. The number of nitrogens with zero attached hydrogens (tertiary/aromatic N) is 3. The lowest BCUT2D eigenvalue weighted by Gasteiger charge is -2.08. The number of para-hydroxylation sites is 2. The van der Waals surface area contributed by atoms with E-state index in [2.05, 4.69) is 10.4 Å². The molecule has 0 fully saturated rings. The molecule has 0 aliphatic carbocycles. The van der Waals surface area contributed by atoms with Crippen LogP contribution < -0.4 is 10.9 Å². The monoisotopic (exact) mass is 368 g/mol. The number of hydrogen-bond donors (Lipinski definition) is 1. The number of rotatable bonds is 5. The molecule has 0 bridgehead atoms. The lowest BCUT2D eigenvalue weighted by atomic mass is 10.2. The van der Waals surface area contributed by atoms with Crippen molar-refractivity contribution in [3.8, 4) is 0 Å². The predicted octanol–water partition coefficient (Wildman–Crippen LogP) is 2.59. The Morgan fingerprint density at radius 1 is 1.11 bits per heavy atom. The molecule has 0 atom stereocenters. The van der Waals surface area contributed by atoms with E-state index < -0.39 is 22.2 Å². The Labute approximate surface area is 152 Å². The van der Waals surface area contributed by atoms with E-state index >= 15 is 0 Å². The molecule has 0 spiro atoms. The van der Waals surface area contributed by atoms with Gasteiger partial charge in [-0.1, -0.05) is 24.3 Å². The summed E-state index contributed by atoms with van der Waals surface area (Å²) in [7, 11) is 0. The van der Waals surface area contributed by atoms with Crippen LogP contribution in [-0.2, 0) is 6.54 Å². The number of nitro groups is 1. The number of aromatic nitrogens is 2. The van der Waals surface area contributed by atoms with Crippen LogP contribution in [0, 0.1) is 15.9 Å². The fourth-order valence-corrected chi connectivity index (χ4v) is 2.37. The highest BCUT2D eigenvalue weighted by atomic mass is 19.1. The van der Waals surface area contributed by atoms with Gasteiger partial charge in [0.1, 0.15) is 17.2 Å². The molecule has 0 aliphatic rings. The number of hydrogen-bond acceptors (Lipinski definition) is 5. The van der Waals surface area contributed by atoms with Crippen molar-refractivity contribution in [1.29, 1.82) is 0 Å². The van der Waals surface area contributed by atoms with Crippen LogP contribution in [0.1, 0.15) is 16.1 Å². The zero-order valence-corrected chi connectivity index (χ0v) is 13.8. The van der Waals surface area contributed by atoms with E-state index in [9.17, 15) is 24.1 Å². The molecular formula is C18H13FN4O4. The van der Waals surface area contributed by atoms with Crippen LogP contribution >= 0.6 is 0 Å². The van der Waals surface area contributed by atoms with Crippen molar-refractivity contribution in [3.63, 3.8) is 0 Å². The molecule has 8 nitrogen and oxygen atoms in total. The van der Waals surface area contributed by atoms with Crippen LogP contribution in [0.5, 0.6) is 0 Å². The minimum atomic E-state index is -0.697. The first kappa shape index (κ1) is 17.9. The number of amides is 1. The van der Waals surface area contributed by atoms with Gasteiger partial charge in [-0.15, -0.1) is 0 Å². The Kier molecular flexibility index (Phi) is 5.02. The third kappa shape index (κ3) is 4.21. The average Bonchev–Trinajstić information content (AvgIpc) is 2.65. The molecule has 0 radical (unpaired) electrons. The third-order valence-electron chi connectivity index (χ3n) is 3.69. The van der Waals surface area contributed by atoms with Gasteiger partial charge in [-0.25, -0.2) is 9.07 Å². The first-order chi connectivity index (χ1) is 12.9. The Morgan fingerprint density at radius 2 is 1.81 bits per heavy atom. The van der Waals surface area contributed by atoms with Gasteiger partial charge in [-0.05, 0) is 29.8 Å². The van der Waals surface area contributed by atoms with Crippen LogP contribution in [0.4, 0.5) is 15.8 Å². The summed E-state index contributed by atoms with van der Waals surface area (Å²) in [6.45, 7) is 0.0473. The van der Waals surface area contributed by atoms with Gasteiger partial charge < -0.3 is 5.32 Å². The Bertz CT molecular complexity index is 1060. The number of benzene rings is 2. The second-order valence-corrected chi connectivity index (χ2v) is 5.57. The van der Waals surface area contributed by atoms with Crippen LogP contribution in [-0.4, -0.2) is 20.6 Å². The number of nitro benzene ring substituents is 1. The Hall–Kier alpha value is -3.88. The quantitative estimate of drug-likeness (QED) is 0.550. The third-order valence-corrected chi connectivity index (χ3v) is 3.69. The highest BCUT2D eigenvalue weighted by molar-refractivity contribution is 6.03. The van der Waals surface area contributed by atoms with E-state index in [1.54, 1.807) is 6.07 Å². The average molecular weight is 368 g/mol. The smallest absolute Gasteiger partial charge is 0.292 e. The Balaban J connectivity index is 1.85. The van der Waals surface area contributed by atoms with Crippen molar-refractivity contribution < 1.29 is 14.1 Å². The molecule has 0 saturated carbocycles. The normalized spacial score (nSPS) is 10.4. The maximum Gasteiger partial charge on any atom is 0.292 e. The first-order valence-corrected chi connectivity index (χ1v) is 7.81. The Morgan fingerprint density at radius 3 is 2.52 bits per heavy atom. The van der Waals surface area contributed by atoms with Gasteiger partial charge in [-0.2, -0.15) is 5.10 Å². The topological polar surface area (TPSA) is 107 Å². The van der Waals surface area contributed by atoms with Crippen molar-refractivity contribution in [2.45, 2.75) is 6.54 Å². The molecule has 1 N–H and O–H groups in total. The summed E-state index contributed by atoms with van der Waals surface area (Å²) < 4.78 is 14.0. The van der Waals surface area contributed by atoms with Crippen LogP contribution in [0.2, 0.25) is 0 Å². The largest absolute Gasteiger partial charge is 0.315 e. The summed E-state index contributed by atoms with van der Waals surface area (Å²) in [5.74, 6) is -1.10. The van der Waals surface area contributed by atoms with Crippen LogP contribution in [0.15, 0.2) is 65.5 Å². The lowest BCUT2D eigenvalue weighted by Crippen LogP contribution is -2.26. The van der Waals surface area contributed by atoms with Crippen LogP contribution in [0.3, 0.4) is 0 Å². The molecule has 1 aromatic heterocycles. The zero-order valence-electron chi connectivity index (χ0n) is 13.8. The summed E-state index contributed by atoms with van der Waals surface area (Å²) in [6.07, 6.45) is 0. The van der Waals surface area contributed by atoms with E-state index in [1.165, 1.54) is 54.6 Å². The summed E-state index contributed by atoms with van der Waals surface area (Å²) in [5.41, 5.74) is -0.144. The zero-order chi connectivity index (χ0) is 19.4. The van der Waals surface area contributed by atoms with Crippen molar-refractivity contribution in [2.75, 3.05) is 5.32 Å². The van der Waals surface area contributed by atoms with E-state index in [1.807, 2.05) is 0 Å². The molecule has 3 aromatic rings. The van der Waals surface area contributed by atoms with E-state index in [0.717, 1.165) is 4.68 Å². The SMILES string of the molecule is O=C(Nc1ccccc1[N+](=O)[O-])c1ccc(=O)n(Cc2ccc(F)cc2)n1. The maximum atomic E-state index is 13.0. The standard InChI is InChI=1S/C18H13FN4O4/c19-13-7-5-12(6-8-13)11-22-17(24)10-9-15(21-22)18(25)20-14-3-1-2-4-16(14)23(26)27/h1-10H,11H2,(H,20,25). The van der Waals surface area contributed by atoms with Gasteiger partial charge in [0.15, 0.2) is 0 Å². The fourth-order valence-electron chi connectivity index (χ4n) is 2.37. The van der Waals surface area contributed by atoms with Crippen LogP contribution in [0.25, 0.3) is 0 Å². The molecule has 1 amide bonds. The number of carbonyl (C=O) groups excluding carboxylic acids is 1. The van der Waals surface area contributed by atoms with Gasteiger partial charge in [0.05, 0.1) is 11.5 Å². The molecule has 3 rings (SSSR count). The second-order valence-electron chi connectivity index (χ2n) is 5.57. The fraction of sp³-hybridized carbons (Fsp3) is 0.0556. The van der Waals surface area contributed by atoms with Gasteiger partial charge in [-0.3, -0.25) is 19.7 Å². The predicted molar refractivity (Wildman–Crippen MR) is 95.0 cm³/mol. The van der Waals surface area contributed by atoms with E-state index in [-0.39, 0.29) is 23.6 Å². The summed E-state index contributed by atoms with van der Waals surface area (Å²) in [6, 6.07) is 13.6. The maximum absolute atomic E-state index is 13.0. The summed E-state index contributed by atoms with van der Waals surface area (Å²) >= 11 is 0. The van der Waals surface area contributed by atoms with Gasteiger partial charge in [0.25, 0.3) is 17.2 Å². The molecule has 136 valence electrons. The highest BCUT2D eigenvalue weighted by Crippen LogP contribution is 2.23. The minimum Gasteiger partial charge on any atom is -0.315 e. The molecular weight excluding hydrogens is 355 g/mol. The van der Waals surface area contributed by atoms with Gasteiger partial charge in [0.2, 0.25) is 0 Å². The molecule has 0 aliphatic heterocycles. The molecule has 0 saturated heterocycles. The van der Waals surface area contributed by atoms with Crippen molar-refractivity contribution in [3.05, 3.63) is 98.2 Å². The molecule has 1 heterocycles. The van der Waals surface area contributed by atoms with E-state index in [0.29, 0.717) is 5.56 Å². The molecule has 27 heavy (non-hydrogen) atoms. The van der Waals surface area contributed by atoms with E-state index in [4.69, 9.17) is 0 Å². The second kappa shape index (κ2) is 7.56. The number of halogens is 1. The first-order valence-electron chi connectivity index (χ1n) is 7.81. The number of carbonyl (C=O) groups is 1. The highest BCUT2D eigenvalue weighted by Gasteiger charge is 2.17. The minimum absolute atomic E-state index is 0.0191. The molecule has 0 unspecified atom stereocenters. The van der Waals surface area contributed by atoms with Gasteiger partial charge in [0, 0.05) is 12.1 Å². The van der Waals surface area contributed by atoms with Crippen molar-refractivity contribution >= 4 is 17.3 Å². The lowest BCUT2D eigenvalue weighted by molar-refractivity contribution is -0.383. The van der Waals surface area contributed by atoms with Gasteiger partial charge >= 0.3 is 0 Å². The number of nitrogens with one attached hydrogen (secondary N) is 1. The van der Waals surface area contributed by atoms with Crippen molar-refractivity contribution in [2.24, 2.45) is 0 Å². The van der Waals surface area contributed by atoms with Crippen molar-refractivity contribution in [1.82, 2.24) is 9.78 Å². The number of anilines is 1.